The fourth-order valence-corrected chi connectivity index (χ4v) is 2.63. The first-order valence-corrected chi connectivity index (χ1v) is 8.78. The van der Waals surface area contributed by atoms with Crippen molar-refractivity contribution in [2.24, 2.45) is 0 Å². The molecule has 5 heteroatoms. The minimum Gasteiger partial charge on any atom is -0.457 e. The van der Waals surface area contributed by atoms with Crippen molar-refractivity contribution in [1.82, 2.24) is 5.32 Å². The van der Waals surface area contributed by atoms with Crippen LogP contribution in [-0.4, -0.2) is 6.03 Å². The molecule has 0 unspecified atom stereocenters. The molecule has 0 spiro atoms. The fourth-order valence-electron chi connectivity index (χ4n) is 2.63. The molecule has 3 aromatic rings. The highest BCUT2D eigenvalue weighted by Crippen LogP contribution is 2.28. The number of nitrogens with one attached hydrogen (secondary N) is 2. The van der Waals surface area contributed by atoms with Gasteiger partial charge in [-0.2, -0.15) is 0 Å². The van der Waals surface area contributed by atoms with Crippen molar-refractivity contribution in [1.29, 1.82) is 0 Å². The molecule has 0 aliphatic carbocycles. The van der Waals surface area contributed by atoms with E-state index in [0.717, 1.165) is 16.9 Å². The summed E-state index contributed by atoms with van der Waals surface area (Å²) in [7, 11) is 0. The summed E-state index contributed by atoms with van der Waals surface area (Å²) in [4.78, 5) is 12.3. The molecule has 138 valence electrons. The normalized spacial score (nSPS) is 11.5. The number of hydrogen-bond acceptors (Lipinski definition) is 3. The number of aryl methyl sites for hydroxylation is 1. The second-order valence-electron chi connectivity index (χ2n) is 6.40. The van der Waals surface area contributed by atoms with Crippen molar-refractivity contribution in [3.8, 4) is 11.5 Å². The van der Waals surface area contributed by atoms with Gasteiger partial charge in [-0.25, -0.2) is 4.79 Å². The molecule has 5 nitrogen and oxygen atoms in total. The molecular weight excluding hydrogens is 338 g/mol. The zero-order chi connectivity index (χ0) is 19.2. The summed E-state index contributed by atoms with van der Waals surface area (Å²) in [6.45, 7) is 3.94. The van der Waals surface area contributed by atoms with Crippen LogP contribution in [0.4, 0.5) is 16.2 Å². The van der Waals surface area contributed by atoms with Crippen LogP contribution in [0, 0.1) is 6.92 Å². The highest BCUT2D eigenvalue weighted by molar-refractivity contribution is 5.93. The van der Waals surface area contributed by atoms with Crippen LogP contribution < -0.4 is 21.1 Å². The van der Waals surface area contributed by atoms with Gasteiger partial charge in [0.25, 0.3) is 0 Å². The van der Waals surface area contributed by atoms with Crippen LogP contribution in [0.5, 0.6) is 11.5 Å². The Hall–Kier alpha value is -3.47. The lowest BCUT2D eigenvalue weighted by atomic mass is 10.1. The van der Waals surface area contributed by atoms with Crippen LogP contribution in [0.1, 0.15) is 24.1 Å². The lowest BCUT2D eigenvalue weighted by molar-refractivity contribution is 0.249. The summed E-state index contributed by atoms with van der Waals surface area (Å²) in [5.41, 5.74) is 9.14. The Morgan fingerprint density at radius 3 is 2.33 bits per heavy atom. The molecule has 2 amide bonds. The largest absolute Gasteiger partial charge is 0.457 e. The van der Waals surface area contributed by atoms with E-state index in [2.05, 4.69) is 10.6 Å². The van der Waals surface area contributed by atoms with Gasteiger partial charge in [0.05, 0.1) is 17.4 Å². The monoisotopic (exact) mass is 361 g/mol. The van der Waals surface area contributed by atoms with E-state index in [4.69, 9.17) is 10.5 Å². The smallest absolute Gasteiger partial charge is 0.319 e. The van der Waals surface area contributed by atoms with Gasteiger partial charge in [0.15, 0.2) is 0 Å². The minimum absolute atomic E-state index is 0.126. The average Bonchev–Trinajstić information content (AvgIpc) is 2.67. The average molecular weight is 361 g/mol. The minimum atomic E-state index is -0.328. The van der Waals surface area contributed by atoms with Crippen LogP contribution in [0.15, 0.2) is 72.8 Å². The summed E-state index contributed by atoms with van der Waals surface area (Å²) in [6.07, 6.45) is 0. The maximum Gasteiger partial charge on any atom is 0.319 e. The fraction of sp³-hybridized carbons (Fsp3) is 0.136. The number of hydrogen-bond donors (Lipinski definition) is 3. The molecule has 1 atom stereocenters. The highest BCUT2D eigenvalue weighted by atomic mass is 16.5. The zero-order valence-corrected chi connectivity index (χ0v) is 15.4. The molecule has 0 aromatic heterocycles. The van der Waals surface area contributed by atoms with Crippen molar-refractivity contribution < 1.29 is 9.53 Å². The third kappa shape index (κ3) is 5.01. The van der Waals surface area contributed by atoms with Crippen LogP contribution in [-0.2, 0) is 0 Å². The molecule has 3 rings (SSSR count). The predicted molar refractivity (Wildman–Crippen MR) is 109 cm³/mol. The van der Waals surface area contributed by atoms with Crippen molar-refractivity contribution >= 4 is 17.4 Å². The SMILES string of the molecule is Cc1ccc(Oc2ccc(N)c(NC(=O)N[C@@H](C)c3ccccc3)c2)cc1. The van der Waals surface area contributed by atoms with E-state index in [9.17, 15) is 4.79 Å². The molecule has 0 saturated carbocycles. The number of nitrogens with two attached hydrogens (primary N) is 1. The summed E-state index contributed by atoms with van der Waals surface area (Å²) in [6, 6.07) is 22.2. The van der Waals surface area contributed by atoms with Gasteiger partial charge in [-0.3, -0.25) is 0 Å². The lowest BCUT2D eigenvalue weighted by Gasteiger charge is -2.16. The Kier molecular flexibility index (Phi) is 5.61. The summed E-state index contributed by atoms with van der Waals surface area (Å²) in [5.74, 6) is 1.32. The first-order valence-electron chi connectivity index (χ1n) is 8.78. The van der Waals surface area contributed by atoms with E-state index >= 15 is 0 Å². The van der Waals surface area contributed by atoms with Gasteiger partial charge in [-0.05, 0) is 43.7 Å². The van der Waals surface area contributed by atoms with Gasteiger partial charge >= 0.3 is 6.03 Å². The van der Waals surface area contributed by atoms with Gasteiger partial charge in [-0.15, -0.1) is 0 Å². The van der Waals surface area contributed by atoms with Crippen molar-refractivity contribution in [2.75, 3.05) is 11.1 Å². The van der Waals surface area contributed by atoms with Crippen LogP contribution in [0.25, 0.3) is 0 Å². The number of carbonyl (C=O) groups is 1. The van der Waals surface area contributed by atoms with E-state index in [1.807, 2.05) is 68.4 Å². The number of anilines is 2. The number of nitrogen functional groups attached to an aromatic ring is 1. The van der Waals surface area contributed by atoms with E-state index in [-0.39, 0.29) is 12.1 Å². The molecular formula is C22H23N3O2. The molecule has 0 fully saturated rings. The third-order valence-electron chi connectivity index (χ3n) is 4.18. The molecule has 0 aliphatic heterocycles. The number of ether oxygens (including phenoxy) is 1. The highest BCUT2D eigenvalue weighted by Gasteiger charge is 2.11. The number of carbonyl (C=O) groups excluding carboxylic acids is 1. The number of rotatable bonds is 5. The Morgan fingerprint density at radius 1 is 0.963 bits per heavy atom. The molecule has 0 aliphatic rings. The molecule has 4 N–H and O–H groups in total. The summed E-state index contributed by atoms with van der Waals surface area (Å²) in [5, 5.41) is 5.69. The van der Waals surface area contributed by atoms with E-state index < -0.39 is 0 Å². The van der Waals surface area contributed by atoms with Crippen LogP contribution in [0.2, 0.25) is 0 Å². The summed E-state index contributed by atoms with van der Waals surface area (Å²) < 4.78 is 5.83. The Morgan fingerprint density at radius 2 is 1.63 bits per heavy atom. The van der Waals surface area contributed by atoms with Gasteiger partial charge in [0.1, 0.15) is 11.5 Å². The third-order valence-corrected chi connectivity index (χ3v) is 4.18. The Balaban J connectivity index is 1.67. The quantitative estimate of drug-likeness (QED) is 0.543. The van der Waals surface area contributed by atoms with Gasteiger partial charge in [0.2, 0.25) is 0 Å². The first kappa shape index (κ1) is 18.3. The molecule has 3 aromatic carbocycles. The van der Waals surface area contributed by atoms with Crippen LogP contribution >= 0.6 is 0 Å². The second kappa shape index (κ2) is 8.27. The van der Waals surface area contributed by atoms with Gasteiger partial charge < -0.3 is 21.1 Å². The van der Waals surface area contributed by atoms with Crippen LogP contribution in [0.3, 0.4) is 0 Å². The number of urea groups is 1. The van der Waals surface area contributed by atoms with Crippen molar-refractivity contribution in [2.45, 2.75) is 19.9 Å². The molecule has 0 bridgehead atoms. The molecule has 0 radical (unpaired) electrons. The standard InChI is InChI=1S/C22H23N3O2/c1-15-8-10-18(11-9-15)27-19-12-13-20(23)21(14-19)25-22(26)24-16(2)17-6-4-3-5-7-17/h3-14,16H,23H2,1-2H3,(H2,24,25,26)/t16-/m0/s1. The van der Waals surface area contributed by atoms with E-state index in [0.29, 0.717) is 17.1 Å². The van der Waals surface area contributed by atoms with E-state index in [1.165, 1.54) is 0 Å². The topological polar surface area (TPSA) is 76.4 Å². The Bertz CT molecular complexity index is 909. The maximum atomic E-state index is 12.3. The van der Waals surface area contributed by atoms with E-state index in [1.54, 1.807) is 18.2 Å². The predicted octanol–water partition coefficient (Wildman–Crippen LogP) is 5.25. The molecule has 0 saturated heterocycles. The second-order valence-corrected chi connectivity index (χ2v) is 6.40. The number of amides is 2. The maximum absolute atomic E-state index is 12.3. The van der Waals surface area contributed by atoms with Crippen molar-refractivity contribution in [3.05, 3.63) is 83.9 Å². The molecule has 0 heterocycles. The molecule has 27 heavy (non-hydrogen) atoms. The van der Waals surface area contributed by atoms with Gasteiger partial charge in [0, 0.05) is 6.07 Å². The first-order chi connectivity index (χ1) is 13.0. The zero-order valence-electron chi connectivity index (χ0n) is 15.4. The van der Waals surface area contributed by atoms with Gasteiger partial charge in [-0.1, -0.05) is 48.0 Å². The lowest BCUT2D eigenvalue weighted by Crippen LogP contribution is -2.31. The number of benzene rings is 3. The Labute approximate surface area is 159 Å². The summed E-state index contributed by atoms with van der Waals surface area (Å²) >= 11 is 0. The van der Waals surface area contributed by atoms with Crippen molar-refractivity contribution in [3.63, 3.8) is 0 Å².